The summed E-state index contributed by atoms with van der Waals surface area (Å²) < 4.78 is 6.23. The van der Waals surface area contributed by atoms with E-state index in [2.05, 4.69) is 40.1 Å². The van der Waals surface area contributed by atoms with Gasteiger partial charge in [-0.15, -0.1) is 22.7 Å². The molecule has 1 saturated heterocycles. The van der Waals surface area contributed by atoms with Crippen LogP contribution in [0.5, 0.6) is 0 Å². The number of pyridine rings is 1. The minimum Gasteiger partial charge on any atom is -0.380 e. The summed E-state index contributed by atoms with van der Waals surface area (Å²) in [5.41, 5.74) is 8.75. The van der Waals surface area contributed by atoms with Gasteiger partial charge >= 0.3 is 0 Å². The summed E-state index contributed by atoms with van der Waals surface area (Å²) >= 11 is 9.52. The number of hydrogen-bond acceptors (Lipinski definition) is 6. The third-order valence-corrected chi connectivity index (χ3v) is 6.09. The third-order valence-electron chi connectivity index (χ3n) is 3.90. The molecule has 0 radical (unpaired) electrons. The number of thiophene rings is 2. The molecule has 1 aliphatic heterocycles. The highest BCUT2D eigenvalue weighted by molar-refractivity contribution is 7.18. The molecule has 1 atom stereocenters. The van der Waals surface area contributed by atoms with E-state index in [-0.39, 0.29) is 0 Å². The molecule has 3 N–H and O–H groups in total. The van der Waals surface area contributed by atoms with E-state index in [0.717, 1.165) is 43.8 Å². The highest BCUT2D eigenvalue weighted by atomic mass is 35.5. The number of aryl methyl sites for hydroxylation is 1. The Hall–Kier alpha value is -1.18. The maximum Gasteiger partial charge on any atom is 0.131 e. The van der Waals surface area contributed by atoms with E-state index >= 15 is 0 Å². The summed E-state index contributed by atoms with van der Waals surface area (Å²) in [7, 11) is 0. The monoisotopic (exact) mass is 395 g/mol. The van der Waals surface area contributed by atoms with E-state index in [4.69, 9.17) is 22.1 Å². The summed E-state index contributed by atoms with van der Waals surface area (Å²) in [6.45, 7) is 4.56. The summed E-state index contributed by atoms with van der Waals surface area (Å²) in [5.74, 6) is 0. The van der Waals surface area contributed by atoms with Gasteiger partial charge in [-0.1, -0.05) is 17.7 Å². The van der Waals surface area contributed by atoms with Crippen molar-refractivity contribution in [1.29, 1.82) is 0 Å². The van der Waals surface area contributed by atoms with Gasteiger partial charge in [-0.25, -0.2) is 4.98 Å². The van der Waals surface area contributed by atoms with Crippen molar-refractivity contribution in [3.63, 3.8) is 0 Å². The van der Waals surface area contributed by atoms with Gasteiger partial charge in [0.25, 0.3) is 0 Å². The van der Waals surface area contributed by atoms with E-state index in [1.807, 2.05) is 6.07 Å². The van der Waals surface area contributed by atoms with Gasteiger partial charge in [-0.05, 0) is 42.2 Å². The second-order valence-corrected chi connectivity index (χ2v) is 8.30. The van der Waals surface area contributed by atoms with Crippen molar-refractivity contribution in [2.45, 2.75) is 32.4 Å². The van der Waals surface area contributed by atoms with Crippen LogP contribution in [0.2, 0.25) is 5.15 Å². The first-order valence-electron chi connectivity index (χ1n) is 8.27. The molecular formula is C18H22ClN3OS2. The van der Waals surface area contributed by atoms with Gasteiger partial charge in [0.1, 0.15) is 5.15 Å². The van der Waals surface area contributed by atoms with E-state index in [9.17, 15) is 0 Å². The number of ether oxygens (including phenoxy) is 1. The summed E-state index contributed by atoms with van der Waals surface area (Å²) in [6.07, 6.45) is 2.28. The zero-order valence-electron chi connectivity index (χ0n) is 14.1. The minimum atomic E-state index is 0.314. The molecule has 4 rings (SSSR count). The lowest BCUT2D eigenvalue weighted by Crippen LogP contribution is -2.30. The maximum atomic E-state index is 6.07. The Kier molecular flexibility index (Phi) is 6.67. The van der Waals surface area contributed by atoms with Crippen LogP contribution < -0.4 is 11.1 Å². The van der Waals surface area contributed by atoms with Gasteiger partial charge in [0.05, 0.1) is 22.5 Å². The Balaban J connectivity index is 0.000000219. The Morgan fingerprint density at radius 2 is 2.32 bits per heavy atom. The van der Waals surface area contributed by atoms with Gasteiger partial charge in [0, 0.05) is 30.1 Å². The highest BCUT2D eigenvalue weighted by Crippen LogP contribution is 2.33. The maximum absolute atomic E-state index is 6.07. The van der Waals surface area contributed by atoms with Crippen molar-refractivity contribution < 1.29 is 4.74 Å². The Labute approximate surface area is 161 Å². The zero-order chi connectivity index (χ0) is 17.6. The van der Waals surface area contributed by atoms with Crippen molar-refractivity contribution in [3.05, 3.63) is 44.6 Å². The van der Waals surface area contributed by atoms with Crippen LogP contribution in [-0.4, -0.2) is 24.2 Å². The van der Waals surface area contributed by atoms with E-state index in [1.54, 1.807) is 22.7 Å². The molecule has 0 saturated carbocycles. The van der Waals surface area contributed by atoms with Crippen LogP contribution in [0.4, 0.5) is 5.69 Å². The number of fused-ring (bicyclic) bond motifs is 1. The molecule has 134 valence electrons. The number of rotatable bonds is 3. The molecule has 3 aromatic heterocycles. The highest BCUT2D eigenvalue weighted by Gasteiger charge is 2.09. The van der Waals surface area contributed by atoms with Crippen LogP contribution in [0.1, 0.15) is 23.3 Å². The lowest BCUT2D eigenvalue weighted by Gasteiger charge is -2.16. The number of halogens is 1. The molecule has 1 fully saturated rings. The predicted molar refractivity (Wildman–Crippen MR) is 109 cm³/mol. The van der Waals surface area contributed by atoms with Gasteiger partial charge < -0.3 is 15.8 Å². The number of anilines is 1. The molecule has 0 spiro atoms. The van der Waals surface area contributed by atoms with Crippen molar-refractivity contribution in [2.75, 3.05) is 18.5 Å². The average Bonchev–Trinajstić information content (AvgIpc) is 3.25. The second kappa shape index (κ2) is 8.96. The quantitative estimate of drug-likeness (QED) is 0.609. The molecule has 4 heterocycles. The SMILES string of the molecule is Cc1csc2c(NCc3cccs3)cc(Cl)nc12.NC1CCCOC1. The number of nitrogens with one attached hydrogen (secondary N) is 1. The summed E-state index contributed by atoms with van der Waals surface area (Å²) in [5, 5.41) is 8.18. The summed E-state index contributed by atoms with van der Waals surface area (Å²) in [6, 6.07) is 6.39. The van der Waals surface area contributed by atoms with Crippen LogP contribution >= 0.6 is 34.3 Å². The summed E-state index contributed by atoms with van der Waals surface area (Å²) in [4.78, 5) is 5.69. The van der Waals surface area contributed by atoms with Crippen LogP contribution in [0.25, 0.3) is 10.2 Å². The zero-order valence-corrected chi connectivity index (χ0v) is 16.5. The topological polar surface area (TPSA) is 60.2 Å². The number of nitrogens with two attached hydrogens (primary N) is 1. The lowest BCUT2D eigenvalue weighted by atomic mass is 10.1. The standard InChI is InChI=1S/C13H11ClN2S2.C5H11NO/c1-8-7-18-13-10(5-11(14)16-12(8)13)15-6-9-3-2-4-17-9;6-5-2-1-3-7-4-5/h2-5,7H,6H2,1H3,(H,15,16);5H,1-4,6H2. The first-order chi connectivity index (χ1) is 12.1. The molecule has 4 nitrogen and oxygen atoms in total. The molecule has 0 aliphatic carbocycles. The van der Waals surface area contributed by atoms with Crippen molar-refractivity contribution in [2.24, 2.45) is 5.73 Å². The first kappa shape index (κ1) is 18.6. The van der Waals surface area contributed by atoms with E-state index in [0.29, 0.717) is 11.2 Å². The molecule has 25 heavy (non-hydrogen) atoms. The van der Waals surface area contributed by atoms with Gasteiger partial charge in [-0.3, -0.25) is 0 Å². The third kappa shape index (κ3) is 5.15. The van der Waals surface area contributed by atoms with E-state index < -0.39 is 0 Å². The van der Waals surface area contributed by atoms with Crippen LogP contribution in [-0.2, 0) is 11.3 Å². The van der Waals surface area contributed by atoms with Crippen molar-refractivity contribution in [3.8, 4) is 0 Å². The molecule has 0 bridgehead atoms. The predicted octanol–water partition coefficient (Wildman–Crippen LogP) is 5.06. The molecule has 1 unspecified atom stereocenters. The molecule has 1 aliphatic rings. The fraction of sp³-hybridized carbons (Fsp3) is 0.389. The van der Waals surface area contributed by atoms with E-state index in [1.165, 1.54) is 15.1 Å². The molecular weight excluding hydrogens is 374 g/mol. The van der Waals surface area contributed by atoms with Crippen LogP contribution in [0.15, 0.2) is 29.0 Å². The second-order valence-electron chi connectivity index (χ2n) is 6.00. The Morgan fingerprint density at radius 3 is 2.96 bits per heavy atom. The molecule has 7 heteroatoms. The molecule has 0 amide bonds. The fourth-order valence-electron chi connectivity index (χ4n) is 2.58. The Bertz CT molecular complexity index is 798. The first-order valence-corrected chi connectivity index (χ1v) is 10.4. The number of hydrogen-bond donors (Lipinski definition) is 2. The van der Waals surface area contributed by atoms with Crippen LogP contribution in [0.3, 0.4) is 0 Å². The van der Waals surface area contributed by atoms with Crippen molar-refractivity contribution >= 4 is 50.2 Å². The van der Waals surface area contributed by atoms with Gasteiger partial charge in [-0.2, -0.15) is 0 Å². The fourth-order valence-corrected chi connectivity index (χ4v) is 4.40. The van der Waals surface area contributed by atoms with Crippen molar-refractivity contribution in [1.82, 2.24) is 4.98 Å². The smallest absolute Gasteiger partial charge is 0.131 e. The van der Waals surface area contributed by atoms with Crippen LogP contribution in [0, 0.1) is 6.92 Å². The van der Waals surface area contributed by atoms with Gasteiger partial charge in [0.2, 0.25) is 0 Å². The normalized spacial score (nSPS) is 17.2. The Morgan fingerprint density at radius 1 is 1.44 bits per heavy atom. The lowest BCUT2D eigenvalue weighted by molar-refractivity contribution is 0.0822. The molecule has 0 aromatic carbocycles. The average molecular weight is 396 g/mol. The minimum absolute atomic E-state index is 0.314. The number of nitrogens with zero attached hydrogens (tertiary/aromatic N) is 1. The van der Waals surface area contributed by atoms with Gasteiger partial charge in [0.15, 0.2) is 0 Å². The number of aromatic nitrogens is 1. The largest absolute Gasteiger partial charge is 0.380 e. The molecule has 3 aromatic rings.